The number of anilines is 1. The van der Waals surface area contributed by atoms with Crippen molar-refractivity contribution in [3.8, 4) is 0 Å². The van der Waals surface area contributed by atoms with Crippen LogP contribution in [-0.4, -0.2) is 86.9 Å². The SMILES string of the molecule is CCc1ccccc1.CN1CCC(N2C(=O)C(C)(C)c3ccccc32)CC1.CNC1CCN(C(=O)NCC=O)C1. The molecular weight excluding hydrogens is 502 g/mol. The summed E-state index contributed by atoms with van der Waals surface area (Å²) in [5, 5.41) is 5.62. The number of fused-ring (bicyclic) bond motifs is 1. The fraction of sp³-hybridized carbons (Fsp3) is 0.531. The Hall–Kier alpha value is -3.23. The first kappa shape index (κ1) is 31.3. The van der Waals surface area contributed by atoms with Gasteiger partial charge in [-0.05, 0) is 83.9 Å². The van der Waals surface area contributed by atoms with Crippen LogP contribution in [-0.2, 0) is 21.4 Å². The highest BCUT2D eigenvalue weighted by Gasteiger charge is 2.46. The van der Waals surface area contributed by atoms with Crippen molar-refractivity contribution in [3.05, 3.63) is 65.7 Å². The molecule has 0 aliphatic carbocycles. The third-order valence-corrected chi connectivity index (χ3v) is 8.12. The monoisotopic (exact) mass is 549 g/mol. The van der Waals surface area contributed by atoms with E-state index in [2.05, 4.69) is 70.8 Å². The van der Waals surface area contributed by atoms with Gasteiger partial charge in [0.05, 0.1) is 12.0 Å². The van der Waals surface area contributed by atoms with Gasteiger partial charge in [0.2, 0.25) is 5.91 Å². The molecule has 2 aromatic rings. The fourth-order valence-electron chi connectivity index (χ4n) is 5.49. The number of rotatable bonds is 5. The number of piperidine rings is 1. The summed E-state index contributed by atoms with van der Waals surface area (Å²) in [6.07, 6.45) is 4.95. The van der Waals surface area contributed by atoms with Crippen molar-refractivity contribution in [2.45, 2.75) is 64.0 Å². The van der Waals surface area contributed by atoms with E-state index in [1.54, 1.807) is 4.90 Å². The first-order chi connectivity index (χ1) is 19.2. The van der Waals surface area contributed by atoms with Crippen LogP contribution in [0, 0.1) is 0 Å². The van der Waals surface area contributed by atoms with Crippen LogP contribution in [0.1, 0.15) is 51.2 Å². The number of nitrogens with zero attached hydrogens (tertiary/aromatic N) is 3. The molecule has 8 nitrogen and oxygen atoms in total. The number of aryl methyl sites for hydroxylation is 1. The van der Waals surface area contributed by atoms with Gasteiger partial charge < -0.3 is 30.1 Å². The summed E-state index contributed by atoms with van der Waals surface area (Å²) in [7, 11) is 4.04. The van der Waals surface area contributed by atoms with Gasteiger partial charge in [-0.3, -0.25) is 4.79 Å². The van der Waals surface area contributed by atoms with E-state index in [0.717, 1.165) is 57.5 Å². The van der Waals surface area contributed by atoms with Gasteiger partial charge in [0.25, 0.3) is 0 Å². The Morgan fingerprint density at radius 1 is 1.00 bits per heavy atom. The number of urea groups is 1. The third-order valence-electron chi connectivity index (χ3n) is 8.12. The molecule has 2 N–H and O–H groups in total. The Kier molecular flexibility index (Phi) is 11.7. The minimum absolute atomic E-state index is 0.0968. The number of hydrogen-bond donors (Lipinski definition) is 2. The highest BCUT2D eigenvalue weighted by atomic mass is 16.2. The quantitative estimate of drug-likeness (QED) is 0.554. The number of carbonyl (C=O) groups is 3. The van der Waals surface area contributed by atoms with E-state index in [-0.39, 0.29) is 23.9 Å². The van der Waals surface area contributed by atoms with E-state index < -0.39 is 0 Å². The van der Waals surface area contributed by atoms with Gasteiger partial charge in [-0.25, -0.2) is 4.79 Å². The van der Waals surface area contributed by atoms with E-state index in [4.69, 9.17) is 0 Å². The molecule has 2 saturated heterocycles. The first-order valence-corrected chi connectivity index (χ1v) is 14.5. The normalized spacial score (nSPS) is 20.1. The lowest BCUT2D eigenvalue weighted by molar-refractivity contribution is -0.122. The maximum atomic E-state index is 12.8. The lowest BCUT2D eigenvalue weighted by Gasteiger charge is -2.36. The molecule has 40 heavy (non-hydrogen) atoms. The number of benzene rings is 2. The zero-order valence-corrected chi connectivity index (χ0v) is 24.9. The van der Waals surface area contributed by atoms with Crippen LogP contribution >= 0.6 is 0 Å². The van der Waals surface area contributed by atoms with E-state index in [9.17, 15) is 14.4 Å². The summed E-state index contributed by atoms with van der Waals surface area (Å²) in [5.41, 5.74) is 3.35. The van der Waals surface area contributed by atoms with Crippen LogP contribution in [0.5, 0.6) is 0 Å². The van der Waals surface area contributed by atoms with E-state index >= 15 is 0 Å². The van der Waals surface area contributed by atoms with Crippen molar-refractivity contribution in [2.24, 2.45) is 0 Å². The van der Waals surface area contributed by atoms with Gasteiger partial charge in [-0.2, -0.15) is 0 Å². The van der Waals surface area contributed by atoms with Crippen molar-refractivity contribution in [3.63, 3.8) is 0 Å². The van der Waals surface area contributed by atoms with Crippen molar-refractivity contribution in [1.82, 2.24) is 20.4 Å². The third kappa shape index (κ3) is 7.92. The molecule has 0 saturated carbocycles. The topological polar surface area (TPSA) is 85.0 Å². The zero-order valence-electron chi connectivity index (χ0n) is 24.9. The number of nitrogens with one attached hydrogen (secondary N) is 2. The lowest BCUT2D eigenvalue weighted by atomic mass is 9.86. The molecule has 1 atom stereocenters. The highest BCUT2D eigenvalue weighted by Crippen LogP contribution is 2.43. The molecule has 3 aliphatic rings. The predicted octanol–water partition coefficient (Wildman–Crippen LogP) is 3.84. The molecule has 218 valence electrons. The number of aldehydes is 1. The summed E-state index contributed by atoms with van der Waals surface area (Å²) < 4.78 is 0. The zero-order chi connectivity index (χ0) is 29.1. The molecule has 5 rings (SSSR count). The summed E-state index contributed by atoms with van der Waals surface area (Å²) in [6.45, 7) is 9.99. The van der Waals surface area contributed by atoms with Crippen molar-refractivity contribution >= 4 is 23.9 Å². The van der Waals surface area contributed by atoms with E-state index in [1.165, 1.54) is 11.1 Å². The number of likely N-dealkylation sites (N-methyl/N-ethyl adjacent to an activating group) is 1. The standard InChI is InChI=1S/C16H22N2O.C8H15N3O2.C8H10/c1-16(2)13-6-4-5-7-14(13)18(15(16)19)12-8-10-17(3)11-9-12;1-9-7-2-4-11(6-7)8(13)10-3-5-12;1-2-8-6-4-3-5-7-8/h4-7,12H,8-11H2,1-3H3;5,7,9H,2-4,6H2,1H3,(H,10,13);3-7H,2H2,1H3. The second kappa shape index (κ2) is 15.0. The van der Waals surface area contributed by atoms with Crippen LogP contribution in [0.3, 0.4) is 0 Å². The van der Waals surface area contributed by atoms with Crippen molar-refractivity contribution < 1.29 is 14.4 Å². The van der Waals surface area contributed by atoms with Crippen LogP contribution in [0.4, 0.5) is 10.5 Å². The Labute approximate surface area is 240 Å². The van der Waals surface area contributed by atoms with Gasteiger partial charge in [-0.1, -0.05) is 55.5 Å². The molecule has 3 aliphatic heterocycles. The number of hydrogen-bond acceptors (Lipinski definition) is 5. The average molecular weight is 550 g/mol. The smallest absolute Gasteiger partial charge is 0.317 e. The van der Waals surface area contributed by atoms with Gasteiger partial charge in [-0.15, -0.1) is 0 Å². The Bertz CT molecular complexity index is 1100. The molecule has 1 unspecified atom stereocenters. The predicted molar refractivity (Wildman–Crippen MR) is 162 cm³/mol. The molecular formula is C32H47N5O3. The van der Waals surface area contributed by atoms with Crippen LogP contribution in [0.25, 0.3) is 0 Å². The van der Waals surface area contributed by atoms with Gasteiger partial charge in [0.1, 0.15) is 6.29 Å². The maximum Gasteiger partial charge on any atom is 0.317 e. The number of para-hydroxylation sites is 1. The Balaban J connectivity index is 0.000000182. The first-order valence-electron chi connectivity index (χ1n) is 14.5. The maximum absolute atomic E-state index is 12.8. The van der Waals surface area contributed by atoms with Crippen LogP contribution in [0.15, 0.2) is 54.6 Å². The Morgan fingerprint density at radius 2 is 1.65 bits per heavy atom. The molecule has 0 spiro atoms. The fourth-order valence-corrected chi connectivity index (χ4v) is 5.49. The van der Waals surface area contributed by atoms with Crippen LogP contribution < -0.4 is 15.5 Å². The second-order valence-electron chi connectivity index (χ2n) is 11.3. The Morgan fingerprint density at radius 3 is 2.23 bits per heavy atom. The molecule has 2 fully saturated rings. The summed E-state index contributed by atoms with van der Waals surface area (Å²) in [6, 6.07) is 19.3. The molecule has 0 radical (unpaired) electrons. The molecule has 8 heteroatoms. The van der Waals surface area contributed by atoms with Crippen molar-refractivity contribution in [2.75, 3.05) is 51.7 Å². The number of amides is 3. The molecule has 2 aromatic carbocycles. The highest BCUT2D eigenvalue weighted by molar-refractivity contribution is 6.08. The summed E-state index contributed by atoms with van der Waals surface area (Å²) >= 11 is 0. The van der Waals surface area contributed by atoms with E-state index in [1.807, 2.05) is 39.1 Å². The number of carbonyl (C=O) groups excluding carboxylic acids is 3. The lowest BCUT2D eigenvalue weighted by Crippen LogP contribution is -2.47. The van der Waals surface area contributed by atoms with E-state index in [0.29, 0.717) is 18.4 Å². The van der Waals surface area contributed by atoms with Gasteiger partial charge in [0, 0.05) is 30.9 Å². The molecule has 3 heterocycles. The van der Waals surface area contributed by atoms with Crippen molar-refractivity contribution in [1.29, 1.82) is 0 Å². The van der Waals surface area contributed by atoms with Gasteiger partial charge >= 0.3 is 6.03 Å². The minimum Gasteiger partial charge on any atom is -0.331 e. The molecule has 0 aromatic heterocycles. The summed E-state index contributed by atoms with van der Waals surface area (Å²) in [4.78, 5) is 40.2. The average Bonchev–Trinajstić information content (AvgIpc) is 3.55. The number of likely N-dealkylation sites (tertiary alicyclic amines) is 2. The molecule has 0 bridgehead atoms. The van der Waals surface area contributed by atoms with Crippen LogP contribution in [0.2, 0.25) is 0 Å². The largest absolute Gasteiger partial charge is 0.331 e. The summed E-state index contributed by atoms with van der Waals surface area (Å²) in [5.74, 6) is 0.267. The van der Waals surface area contributed by atoms with Gasteiger partial charge in [0.15, 0.2) is 0 Å². The molecule has 3 amide bonds. The minimum atomic E-state index is -0.375. The second-order valence-corrected chi connectivity index (χ2v) is 11.3.